The average Bonchev–Trinajstić information content (AvgIpc) is 2.25. The van der Waals surface area contributed by atoms with Crippen molar-refractivity contribution in [2.75, 3.05) is 0 Å². The van der Waals surface area contributed by atoms with Crippen LogP contribution in [-0.2, 0) is 4.79 Å². The summed E-state index contributed by atoms with van der Waals surface area (Å²) in [5.74, 6) is -1.14. The first-order chi connectivity index (χ1) is 8.32. The smallest absolute Gasteiger partial charge is 0.317 e. The SMILES string of the molecule is Cc1cnc(SC(C(=O)O)C(C)C)c([N+](=O)[O-])c1. The number of thioether (sulfide) groups is 1. The molecular weight excluding hydrogens is 256 g/mol. The zero-order chi connectivity index (χ0) is 13.9. The van der Waals surface area contributed by atoms with Crippen LogP contribution in [0, 0.1) is 23.0 Å². The second kappa shape index (κ2) is 5.81. The third-order valence-electron chi connectivity index (χ3n) is 2.25. The van der Waals surface area contributed by atoms with E-state index < -0.39 is 16.1 Å². The fraction of sp³-hybridized carbons (Fsp3) is 0.455. The van der Waals surface area contributed by atoms with E-state index in [0.717, 1.165) is 11.8 Å². The molecule has 1 atom stereocenters. The number of aryl methyl sites for hydroxylation is 1. The molecule has 0 aliphatic heterocycles. The Morgan fingerprint density at radius 3 is 2.61 bits per heavy atom. The highest BCUT2D eigenvalue weighted by atomic mass is 32.2. The lowest BCUT2D eigenvalue weighted by atomic mass is 10.1. The molecule has 0 bridgehead atoms. The van der Waals surface area contributed by atoms with Crippen molar-refractivity contribution in [1.29, 1.82) is 0 Å². The largest absolute Gasteiger partial charge is 0.480 e. The average molecular weight is 270 g/mol. The van der Waals surface area contributed by atoms with Gasteiger partial charge in [-0.2, -0.15) is 0 Å². The number of carboxylic acid groups (broad SMARTS) is 1. The summed E-state index contributed by atoms with van der Waals surface area (Å²) in [6, 6.07) is 1.40. The van der Waals surface area contributed by atoms with Crippen LogP contribution in [0.3, 0.4) is 0 Å². The van der Waals surface area contributed by atoms with Crippen LogP contribution >= 0.6 is 11.8 Å². The summed E-state index contributed by atoms with van der Waals surface area (Å²) in [7, 11) is 0. The predicted octanol–water partition coefficient (Wildman–Crippen LogP) is 2.50. The van der Waals surface area contributed by atoms with E-state index in [2.05, 4.69) is 4.98 Å². The molecule has 1 N–H and O–H groups in total. The zero-order valence-corrected chi connectivity index (χ0v) is 11.1. The summed E-state index contributed by atoms with van der Waals surface area (Å²) in [6.45, 7) is 5.21. The van der Waals surface area contributed by atoms with E-state index in [9.17, 15) is 14.9 Å². The molecule has 0 aliphatic carbocycles. The number of rotatable bonds is 5. The first-order valence-electron chi connectivity index (χ1n) is 5.33. The molecule has 0 aliphatic rings. The van der Waals surface area contributed by atoms with Gasteiger partial charge in [0.15, 0.2) is 5.03 Å². The molecule has 0 amide bonds. The molecule has 1 aromatic rings. The number of aliphatic carboxylic acids is 1. The third-order valence-corrected chi connectivity index (χ3v) is 3.79. The van der Waals surface area contributed by atoms with Gasteiger partial charge in [0.2, 0.25) is 0 Å². The summed E-state index contributed by atoms with van der Waals surface area (Å²) in [5.41, 5.74) is 0.523. The minimum absolute atomic E-state index is 0.143. The maximum atomic E-state index is 11.1. The standard InChI is InChI=1S/C11H14N2O4S/c1-6(2)9(11(14)15)18-10-8(13(16)17)4-7(3)5-12-10/h4-6,9H,1-3H3,(H,14,15). The van der Waals surface area contributed by atoms with E-state index in [-0.39, 0.29) is 16.6 Å². The molecule has 1 unspecified atom stereocenters. The van der Waals surface area contributed by atoms with Crippen LogP contribution in [0.2, 0.25) is 0 Å². The van der Waals surface area contributed by atoms with Gasteiger partial charge in [-0.15, -0.1) is 0 Å². The summed E-state index contributed by atoms with van der Waals surface area (Å²) >= 11 is 0.916. The Kier molecular flexibility index (Phi) is 4.66. The van der Waals surface area contributed by atoms with Gasteiger partial charge in [-0.25, -0.2) is 4.98 Å². The quantitative estimate of drug-likeness (QED) is 0.502. The van der Waals surface area contributed by atoms with Gasteiger partial charge in [0.1, 0.15) is 5.25 Å². The summed E-state index contributed by atoms with van der Waals surface area (Å²) in [5, 5.41) is 19.4. The zero-order valence-electron chi connectivity index (χ0n) is 10.3. The third kappa shape index (κ3) is 3.43. The maximum Gasteiger partial charge on any atom is 0.317 e. The number of hydrogen-bond donors (Lipinski definition) is 1. The molecule has 0 saturated heterocycles. The van der Waals surface area contributed by atoms with Crippen molar-refractivity contribution in [3.05, 3.63) is 27.9 Å². The van der Waals surface area contributed by atoms with Crippen molar-refractivity contribution in [1.82, 2.24) is 4.98 Å². The van der Waals surface area contributed by atoms with Crippen LogP contribution in [0.1, 0.15) is 19.4 Å². The number of hydrogen-bond acceptors (Lipinski definition) is 5. The van der Waals surface area contributed by atoms with Gasteiger partial charge in [0, 0.05) is 12.3 Å². The lowest BCUT2D eigenvalue weighted by Crippen LogP contribution is -2.22. The topological polar surface area (TPSA) is 93.3 Å². The molecule has 1 heterocycles. The monoisotopic (exact) mass is 270 g/mol. The van der Waals surface area contributed by atoms with Gasteiger partial charge in [0.25, 0.3) is 0 Å². The Hall–Kier alpha value is -1.63. The molecule has 6 nitrogen and oxygen atoms in total. The number of pyridine rings is 1. The van der Waals surface area contributed by atoms with Crippen LogP contribution < -0.4 is 0 Å². The molecule has 0 fully saturated rings. The van der Waals surface area contributed by atoms with Crippen molar-refractivity contribution in [3.63, 3.8) is 0 Å². The second-order valence-corrected chi connectivity index (χ2v) is 5.35. The number of carbonyl (C=O) groups is 1. The van der Waals surface area contributed by atoms with E-state index in [4.69, 9.17) is 5.11 Å². The van der Waals surface area contributed by atoms with Crippen LogP contribution in [0.15, 0.2) is 17.3 Å². The number of aromatic nitrogens is 1. The Bertz CT molecular complexity index is 476. The highest BCUT2D eigenvalue weighted by Gasteiger charge is 2.27. The van der Waals surface area contributed by atoms with E-state index in [1.54, 1.807) is 20.8 Å². The Labute approximate surface area is 109 Å². The molecule has 0 saturated carbocycles. The first kappa shape index (κ1) is 14.4. The van der Waals surface area contributed by atoms with E-state index in [1.165, 1.54) is 12.3 Å². The van der Waals surface area contributed by atoms with Crippen molar-refractivity contribution in [2.45, 2.75) is 31.0 Å². The molecule has 98 valence electrons. The first-order valence-corrected chi connectivity index (χ1v) is 6.21. The Morgan fingerprint density at radius 2 is 2.17 bits per heavy atom. The van der Waals surface area contributed by atoms with Crippen molar-refractivity contribution >= 4 is 23.4 Å². The van der Waals surface area contributed by atoms with Gasteiger partial charge in [-0.3, -0.25) is 14.9 Å². The minimum atomic E-state index is -0.994. The molecule has 0 spiro atoms. The molecule has 1 rings (SSSR count). The van der Waals surface area contributed by atoms with Crippen LogP contribution in [-0.4, -0.2) is 26.2 Å². The molecule has 1 aromatic heterocycles. The van der Waals surface area contributed by atoms with Crippen molar-refractivity contribution < 1.29 is 14.8 Å². The van der Waals surface area contributed by atoms with Gasteiger partial charge in [0.05, 0.1) is 4.92 Å². The van der Waals surface area contributed by atoms with Crippen molar-refractivity contribution in [3.8, 4) is 0 Å². The highest BCUT2D eigenvalue weighted by molar-refractivity contribution is 8.00. The fourth-order valence-electron chi connectivity index (χ4n) is 1.35. The minimum Gasteiger partial charge on any atom is -0.480 e. The molecule has 18 heavy (non-hydrogen) atoms. The predicted molar refractivity (Wildman–Crippen MR) is 67.7 cm³/mol. The van der Waals surface area contributed by atoms with E-state index >= 15 is 0 Å². The number of nitro groups is 1. The van der Waals surface area contributed by atoms with Crippen LogP contribution in [0.5, 0.6) is 0 Å². The Morgan fingerprint density at radius 1 is 1.56 bits per heavy atom. The van der Waals surface area contributed by atoms with Gasteiger partial charge < -0.3 is 5.11 Å². The van der Waals surface area contributed by atoms with E-state index in [0.29, 0.717) is 5.56 Å². The number of carboxylic acids is 1. The van der Waals surface area contributed by atoms with Gasteiger partial charge in [-0.05, 0) is 18.4 Å². The van der Waals surface area contributed by atoms with Crippen LogP contribution in [0.25, 0.3) is 0 Å². The summed E-state index contributed by atoms with van der Waals surface area (Å²) < 4.78 is 0. The molecular formula is C11H14N2O4S. The van der Waals surface area contributed by atoms with Crippen LogP contribution in [0.4, 0.5) is 5.69 Å². The summed E-state index contributed by atoms with van der Waals surface area (Å²) in [6.07, 6.45) is 1.49. The van der Waals surface area contributed by atoms with Gasteiger partial charge >= 0.3 is 11.7 Å². The second-order valence-electron chi connectivity index (χ2n) is 4.21. The number of nitrogens with zero attached hydrogens (tertiary/aromatic N) is 2. The molecule has 0 radical (unpaired) electrons. The normalized spacial score (nSPS) is 12.4. The van der Waals surface area contributed by atoms with E-state index in [1.807, 2.05) is 0 Å². The lowest BCUT2D eigenvalue weighted by Gasteiger charge is -2.14. The molecule has 0 aromatic carbocycles. The molecule has 7 heteroatoms. The van der Waals surface area contributed by atoms with Crippen molar-refractivity contribution in [2.24, 2.45) is 5.92 Å². The summed E-state index contributed by atoms with van der Waals surface area (Å²) in [4.78, 5) is 25.4. The highest BCUT2D eigenvalue weighted by Crippen LogP contribution is 2.33. The van der Waals surface area contributed by atoms with Gasteiger partial charge in [-0.1, -0.05) is 25.6 Å². The fourth-order valence-corrected chi connectivity index (χ4v) is 2.34. The lowest BCUT2D eigenvalue weighted by molar-refractivity contribution is -0.388. The Balaban J connectivity index is 3.10. The maximum absolute atomic E-state index is 11.1.